The highest BCUT2D eigenvalue weighted by Gasteiger charge is 2.11. The van der Waals surface area contributed by atoms with Gasteiger partial charge in [0.15, 0.2) is 5.13 Å². The summed E-state index contributed by atoms with van der Waals surface area (Å²) in [6.45, 7) is 3.76. The van der Waals surface area contributed by atoms with Gasteiger partial charge in [0.2, 0.25) is 0 Å². The van der Waals surface area contributed by atoms with Gasteiger partial charge in [-0.25, -0.2) is 9.78 Å². The van der Waals surface area contributed by atoms with Crippen LogP contribution in [0.2, 0.25) is 0 Å². The maximum absolute atomic E-state index is 11.2. The van der Waals surface area contributed by atoms with E-state index in [2.05, 4.69) is 4.98 Å². The van der Waals surface area contributed by atoms with Crippen molar-refractivity contribution in [3.05, 3.63) is 40.6 Å². The van der Waals surface area contributed by atoms with Crippen molar-refractivity contribution in [2.45, 2.75) is 23.8 Å². The lowest BCUT2D eigenvalue weighted by Gasteiger charge is -2.08. The van der Waals surface area contributed by atoms with E-state index in [9.17, 15) is 9.90 Å². The van der Waals surface area contributed by atoms with Gasteiger partial charge in [0.05, 0.1) is 16.0 Å². The molecule has 0 saturated carbocycles. The molecule has 0 atom stereocenters. The number of carbonyl (C=O) groups is 1. The molecular formula is C13H14N2O2S2. The number of carboxylic acids is 1. The molecule has 4 nitrogen and oxygen atoms in total. The summed E-state index contributed by atoms with van der Waals surface area (Å²) in [5.41, 5.74) is 8.77. The first-order chi connectivity index (χ1) is 8.97. The molecule has 1 aromatic heterocycles. The summed E-state index contributed by atoms with van der Waals surface area (Å²) < 4.78 is 1.03. The third kappa shape index (κ3) is 3.27. The first-order valence-corrected chi connectivity index (χ1v) is 7.45. The lowest BCUT2D eigenvalue weighted by molar-refractivity contribution is 0.0696. The third-order valence-corrected chi connectivity index (χ3v) is 4.93. The zero-order valence-electron chi connectivity index (χ0n) is 10.6. The molecule has 3 N–H and O–H groups in total. The third-order valence-electron chi connectivity index (χ3n) is 2.84. The van der Waals surface area contributed by atoms with Gasteiger partial charge < -0.3 is 10.8 Å². The normalized spacial score (nSPS) is 10.6. The summed E-state index contributed by atoms with van der Waals surface area (Å²) in [5, 5.41) is 9.72. The summed E-state index contributed by atoms with van der Waals surface area (Å²) in [7, 11) is 0. The van der Waals surface area contributed by atoms with Crippen LogP contribution in [-0.4, -0.2) is 16.1 Å². The lowest BCUT2D eigenvalue weighted by atomic mass is 10.0. The van der Waals surface area contributed by atoms with Crippen LogP contribution in [0.15, 0.2) is 22.5 Å². The van der Waals surface area contributed by atoms with Crippen molar-refractivity contribution >= 4 is 34.2 Å². The molecule has 1 aromatic carbocycles. The molecule has 0 aliphatic rings. The highest BCUT2D eigenvalue weighted by atomic mass is 32.2. The first-order valence-electron chi connectivity index (χ1n) is 5.65. The maximum atomic E-state index is 11.2. The molecule has 0 bridgehead atoms. The van der Waals surface area contributed by atoms with Gasteiger partial charge >= 0.3 is 5.97 Å². The van der Waals surface area contributed by atoms with Crippen LogP contribution in [0.5, 0.6) is 0 Å². The number of thiazole rings is 1. The number of nitrogens with two attached hydrogens (primary N) is 1. The van der Waals surface area contributed by atoms with Gasteiger partial charge in [0.1, 0.15) is 0 Å². The Hall–Kier alpha value is -1.53. The fraction of sp³-hybridized carbons (Fsp3) is 0.231. The molecule has 2 aromatic rings. The molecule has 0 spiro atoms. The zero-order chi connectivity index (χ0) is 14.0. The van der Waals surface area contributed by atoms with Crippen molar-refractivity contribution in [3.63, 3.8) is 0 Å². The Bertz CT molecular complexity index is 623. The van der Waals surface area contributed by atoms with Gasteiger partial charge in [-0.3, -0.25) is 0 Å². The van der Waals surface area contributed by atoms with Crippen LogP contribution in [0.1, 0.15) is 27.0 Å². The summed E-state index contributed by atoms with van der Waals surface area (Å²) in [6.07, 6.45) is 1.74. The molecule has 2 rings (SSSR count). The number of hydrogen-bond acceptors (Lipinski definition) is 5. The van der Waals surface area contributed by atoms with Gasteiger partial charge in [-0.05, 0) is 36.6 Å². The van der Waals surface area contributed by atoms with Crippen molar-refractivity contribution in [3.8, 4) is 0 Å². The standard InChI is InChI=1S/C13H14N2O2S2/c1-7-3-9(4-10(8(7)2)12(16)17)6-18-11-5-15-13(14)19-11/h3-5H,6H2,1-2H3,(H2,14,15)(H,16,17). The number of thioether (sulfide) groups is 1. The predicted molar refractivity (Wildman–Crippen MR) is 79.0 cm³/mol. The van der Waals surface area contributed by atoms with E-state index in [1.54, 1.807) is 24.0 Å². The number of aromatic nitrogens is 1. The molecule has 0 saturated heterocycles. The number of nitrogens with zero attached hydrogens (tertiary/aromatic N) is 1. The molecule has 0 aliphatic heterocycles. The second kappa shape index (κ2) is 5.63. The minimum Gasteiger partial charge on any atom is -0.478 e. The summed E-state index contributed by atoms with van der Waals surface area (Å²) >= 11 is 3.05. The van der Waals surface area contributed by atoms with Crippen LogP contribution in [0, 0.1) is 13.8 Å². The quantitative estimate of drug-likeness (QED) is 0.846. The van der Waals surface area contributed by atoms with Crippen LogP contribution >= 0.6 is 23.1 Å². The molecule has 0 fully saturated rings. The average molecular weight is 294 g/mol. The summed E-state index contributed by atoms with van der Waals surface area (Å²) in [4.78, 5) is 15.2. The number of rotatable bonds is 4. The summed E-state index contributed by atoms with van der Waals surface area (Å²) in [5.74, 6) is -0.169. The zero-order valence-corrected chi connectivity index (χ0v) is 12.3. The van der Waals surface area contributed by atoms with Crippen molar-refractivity contribution in [2.75, 3.05) is 5.73 Å². The fourth-order valence-electron chi connectivity index (χ4n) is 1.73. The van der Waals surface area contributed by atoms with E-state index in [0.717, 1.165) is 20.9 Å². The van der Waals surface area contributed by atoms with E-state index in [0.29, 0.717) is 16.4 Å². The molecule has 0 aliphatic carbocycles. The smallest absolute Gasteiger partial charge is 0.335 e. The van der Waals surface area contributed by atoms with Crippen molar-refractivity contribution in [1.29, 1.82) is 0 Å². The SMILES string of the molecule is Cc1cc(CSc2cnc(N)s2)cc(C(=O)O)c1C. The van der Waals surface area contributed by atoms with Crippen molar-refractivity contribution < 1.29 is 9.90 Å². The van der Waals surface area contributed by atoms with Gasteiger partial charge in [0, 0.05) is 5.75 Å². The molecule has 19 heavy (non-hydrogen) atoms. The Morgan fingerprint density at radius 3 is 2.79 bits per heavy atom. The summed E-state index contributed by atoms with van der Waals surface area (Å²) in [6, 6.07) is 3.77. The van der Waals surface area contributed by atoms with E-state index in [1.165, 1.54) is 11.3 Å². The predicted octanol–water partition coefficient (Wildman–Crippen LogP) is 3.33. The van der Waals surface area contributed by atoms with Crippen LogP contribution in [0.3, 0.4) is 0 Å². The Morgan fingerprint density at radius 2 is 2.21 bits per heavy atom. The first kappa shape index (κ1) is 13.9. The molecule has 0 unspecified atom stereocenters. The Balaban J connectivity index is 2.19. The van der Waals surface area contributed by atoms with E-state index >= 15 is 0 Å². The Morgan fingerprint density at radius 1 is 1.47 bits per heavy atom. The topological polar surface area (TPSA) is 76.2 Å². The molecule has 1 heterocycles. The Labute approximate surface area is 119 Å². The van der Waals surface area contributed by atoms with Crippen LogP contribution in [-0.2, 0) is 5.75 Å². The van der Waals surface area contributed by atoms with E-state index in [-0.39, 0.29) is 0 Å². The molecule has 0 radical (unpaired) electrons. The highest BCUT2D eigenvalue weighted by Crippen LogP contribution is 2.30. The fourth-order valence-corrected chi connectivity index (χ4v) is 3.42. The number of nitrogen functional groups attached to an aromatic ring is 1. The minimum absolute atomic E-state index is 0.374. The van der Waals surface area contributed by atoms with Crippen molar-refractivity contribution in [2.24, 2.45) is 0 Å². The number of benzene rings is 1. The van der Waals surface area contributed by atoms with Crippen LogP contribution < -0.4 is 5.73 Å². The largest absolute Gasteiger partial charge is 0.478 e. The molecule has 100 valence electrons. The van der Waals surface area contributed by atoms with E-state index in [1.807, 2.05) is 19.9 Å². The molecule has 6 heteroatoms. The number of aromatic carboxylic acids is 1. The maximum Gasteiger partial charge on any atom is 0.335 e. The second-order valence-electron chi connectivity index (χ2n) is 4.20. The van der Waals surface area contributed by atoms with E-state index < -0.39 is 5.97 Å². The average Bonchev–Trinajstić information content (AvgIpc) is 2.76. The Kier molecular flexibility index (Phi) is 4.11. The molecular weight excluding hydrogens is 280 g/mol. The van der Waals surface area contributed by atoms with Gasteiger partial charge in [-0.15, -0.1) is 11.8 Å². The molecule has 0 amide bonds. The van der Waals surface area contributed by atoms with Gasteiger partial charge in [-0.2, -0.15) is 0 Å². The van der Waals surface area contributed by atoms with E-state index in [4.69, 9.17) is 5.73 Å². The highest BCUT2D eigenvalue weighted by molar-refractivity contribution is 8.00. The number of hydrogen-bond donors (Lipinski definition) is 2. The monoisotopic (exact) mass is 294 g/mol. The van der Waals surface area contributed by atoms with Crippen LogP contribution in [0.4, 0.5) is 5.13 Å². The second-order valence-corrected chi connectivity index (χ2v) is 6.53. The lowest BCUT2D eigenvalue weighted by Crippen LogP contribution is -2.02. The minimum atomic E-state index is -0.880. The van der Waals surface area contributed by atoms with Gasteiger partial charge in [-0.1, -0.05) is 17.4 Å². The number of anilines is 1. The number of carboxylic acid groups (broad SMARTS) is 1. The van der Waals surface area contributed by atoms with Crippen LogP contribution in [0.25, 0.3) is 0 Å². The number of aryl methyl sites for hydroxylation is 1. The van der Waals surface area contributed by atoms with Crippen molar-refractivity contribution in [1.82, 2.24) is 4.98 Å². The van der Waals surface area contributed by atoms with Gasteiger partial charge in [0.25, 0.3) is 0 Å².